The van der Waals surface area contributed by atoms with Crippen LogP contribution in [-0.2, 0) is 10.0 Å². The molecule has 0 spiro atoms. The van der Waals surface area contributed by atoms with E-state index in [4.69, 9.17) is 11.6 Å². The lowest BCUT2D eigenvalue weighted by Crippen LogP contribution is -2.40. The molecule has 2 rings (SSSR count). The molecule has 0 unspecified atom stereocenters. The van der Waals surface area contributed by atoms with Gasteiger partial charge in [0.15, 0.2) is 0 Å². The van der Waals surface area contributed by atoms with E-state index < -0.39 is 10.0 Å². The van der Waals surface area contributed by atoms with Crippen LogP contribution >= 0.6 is 23.4 Å². The first kappa shape index (κ1) is 15.8. The Balaban J connectivity index is 1.88. The number of nitrogens with zero attached hydrogens (tertiary/aromatic N) is 3. The Labute approximate surface area is 128 Å². The van der Waals surface area contributed by atoms with Crippen molar-refractivity contribution in [1.29, 1.82) is 0 Å². The van der Waals surface area contributed by atoms with Crippen molar-refractivity contribution < 1.29 is 8.42 Å². The minimum atomic E-state index is -3.19. The second-order valence-electron chi connectivity index (χ2n) is 4.38. The number of hydrogen-bond acceptors (Lipinski definition) is 6. The molecule has 1 aromatic rings. The molecule has 6 nitrogen and oxygen atoms in total. The molecule has 1 aromatic heterocycles. The average molecular weight is 337 g/mol. The van der Waals surface area contributed by atoms with Gasteiger partial charge in [-0.15, -0.1) is 0 Å². The van der Waals surface area contributed by atoms with Crippen molar-refractivity contribution in [2.75, 3.05) is 42.2 Å². The second-order valence-corrected chi connectivity index (χ2v) is 8.08. The van der Waals surface area contributed by atoms with Gasteiger partial charge in [0, 0.05) is 37.2 Å². The van der Waals surface area contributed by atoms with Crippen molar-refractivity contribution in [3.8, 4) is 0 Å². The lowest BCUT2D eigenvalue weighted by atomic mass is 10.5. The number of sulfonamides is 1. The Morgan fingerprint density at radius 2 is 2.10 bits per heavy atom. The smallest absolute Gasteiger partial charge is 0.215 e. The Bertz CT molecular complexity index is 541. The number of halogens is 1. The third kappa shape index (κ3) is 4.47. The number of thioether (sulfide) groups is 1. The van der Waals surface area contributed by atoms with Crippen molar-refractivity contribution >= 4 is 39.2 Å². The molecule has 1 N–H and O–H groups in total. The molecule has 0 atom stereocenters. The molecular formula is C11H17ClN4O2S2. The predicted molar refractivity (Wildman–Crippen MR) is 83.0 cm³/mol. The predicted octanol–water partition coefficient (Wildman–Crippen LogP) is 1.23. The Hall–Kier alpha value is -0.570. The van der Waals surface area contributed by atoms with Gasteiger partial charge in [0.1, 0.15) is 16.8 Å². The fourth-order valence-corrected chi connectivity index (χ4v) is 4.60. The van der Waals surface area contributed by atoms with Crippen molar-refractivity contribution in [3.63, 3.8) is 0 Å². The normalized spacial score (nSPS) is 17.1. The molecule has 0 aliphatic carbocycles. The molecule has 9 heteroatoms. The van der Waals surface area contributed by atoms with E-state index in [2.05, 4.69) is 15.3 Å². The van der Waals surface area contributed by atoms with E-state index in [1.54, 1.807) is 29.1 Å². The van der Waals surface area contributed by atoms with E-state index in [0.717, 1.165) is 11.5 Å². The lowest BCUT2D eigenvalue weighted by molar-refractivity contribution is 0.444. The minimum absolute atomic E-state index is 0.0539. The zero-order valence-corrected chi connectivity index (χ0v) is 13.6. The fraction of sp³-hybridized carbons (Fsp3) is 0.636. The maximum Gasteiger partial charge on any atom is 0.215 e. The molecule has 1 fully saturated rings. The van der Waals surface area contributed by atoms with Gasteiger partial charge < -0.3 is 5.32 Å². The molecule has 0 saturated carbocycles. The molecule has 0 amide bonds. The van der Waals surface area contributed by atoms with Gasteiger partial charge in [0.25, 0.3) is 0 Å². The van der Waals surface area contributed by atoms with E-state index in [0.29, 0.717) is 36.4 Å². The zero-order valence-electron chi connectivity index (χ0n) is 11.2. The molecular weight excluding hydrogens is 320 g/mol. The van der Waals surface area contributed by atoms with Gasteiger partial charge in [-0.1, -0.05) is 11.6 Å². The third-order valence-electron chi connectivity index (χ3n) is 2.84. The highest BCUT2D eigenvalue weighted by Crippen LogP contribution is 2.14. The molecule has 20 heavy (non-hydrogen) atoms. The van der Waals surface area contributed by atoms with Crippen LogP contribution in [0.2, 0.25) is 5.15 Å². The summed E-state index contributed by atoms with van der Waals surface area (Å²) in [6.45, 7) is 3.24. The minimum Gasteiger partial charge on any atom is -0.369 e. The van der Waals surface area contributed by atoms with Gasteiger partial charge in [-0.05, 0) is 6.92 Å². The molecule has 1 aliphatic rings. The number of hydrogen-bond donors (Lipinski definition) is 1. The SMILES string of the molecule is Cc1nc(Cl)cc(NCCS(=O)(=O)N2CCSCC2)n1. The van der Waals surface area contributed by atoms with Crippen LogP contribution in [0.15, 0.2) is 6.07 Å². The van der Waals surface area contributed by atoms with Crippen LogP contribution in [0.4, 0.5) is 5.82 Å². The first-order chi connectivity index (χ1) is 9.47. The van der Waals surface area contributed by atoms with Gasteiger partial charge in [-0.3, -0.25) is 0 Å². The van der Waals surface area contributed by atoms with Gasteiger partial charge in [0.05, 0.1) is 5.75 Å². The van der Waals surface area contributed by atoms with Crippen molar-refractivity contribution in [1.82, 2.24) is 14.3 Å². The van der Waals surface area contributed by atoms with Gasteiger partial charge in [-0.25, -0.2) is 22.7 Å². The molecule has 112 valence electrons. The number of aromatic nitrogens is 2. The van der Waals surface area contributed by atoms with Crippen molar-refractivity contribution in [2.24, 2.45) is 0 Å². The molecule has 1 saturated heterocycles. The summed E-state index contributed by atoms with van der Waals surface area (Å²) in [5.41, 5.74) is 0. The van der Waals surface area contributed by atoms with E-state index in [1.165, 1.54) is 0 Å². The molecule has 1 aliphatic heterocycles. The van der Waals surface area contributed by atoms with Crippen LogP contribution in [0, 0.1) is 6.92 Å². The number of aryl methyl sites for hydroxylation is 1. The Morgan fingerprint density at radius 1 is 1.40 bits per heavy atom. The van der Waals surface area contributed by atoms with Crippen LogP contribution in [0.3, 0.4) is 0 Å². The standard InChI is InChI=1S/C11H17ClN4O2S2/c1-9-14-10(12)8-11(15-9)13-2-7-20(17,18)16-3-5-19-6-4-16/h8H,2-7H2,1H3,(H,13,14,15). The largest absolute Gasteiger partial charge is 0.369 e. The van der Waals surface area contributed by atoms with Crippen molar-refractivity contribution in [3.05, 3.63) is 17.0 Å². The highest BCUT2D eigenvalue weighted by molar-refractivity contribution is 7.99. The molecule has 0 aromatic carbocycles. The summed E-state index contributed by atoms with van der Waals surface area (Å²) in [6.07, 6.45) is 0. The van der Waals surface area contributed by atoms with Crippen LogP contribution in [0.5, 0.6) is 0 Å². The zero-order chi connectivity index (χ0) is 14.6. The van der Waals surface area contributed by atoms with Crippen LogP contribution in [-0.4, -0.2) is 59.6 Å². The van der Waals surface area contributed by atoms with Crippen LogP contribution in [0.25, 0.3) is 0 Å². The number of nitrogens with one attached hydrogen (secondary N) is 1. The van der Waals surface area contributed by atoms with Crippen molar-refractivity contribution in [2.45, 2.75) is 6.92 Å². The molecule has 0 bridgehead atoms. The molecule has 2 heterocycles. The molecule has 0 radical (unpaired) electrons. The fourth-order valence-electron chi connectivity index (χ4n) is 1.88. The monoisotopic (exact) mass is 336 g/mol. The summed E-state index contributed by atoms with van der Waals surface area (Å²) in [4.78, 5) is 8.10. The van der Waals surface area contributed by atoms with Gasteiger partial charge in [0.2, 0.25) is 10.0 Å². The average Bonchev–Trinajstić information content (AvgIpc) is 2.38. The number of rotatable bonds is 5. The van der Waals surface area contributed by atoms with Gasteiger partial charge >= 0.3 is 0 Å². The maximum absolute atomic E-state index is 12.1. The summed E-state index contributed by atoms with van der Waals surface area (Å²) >= 11 is 7.61. The maximum atomic E-state index is 12.1. The summed E-state index contributed by atoms with van der Waals surface area (Å²) < 4.78 is 25.8. The Kier molecular flexibility index (Phi) is 5.48. The Morgan fingerprint density at radius 3 is 2.75 bits per heavy atom. The van der Waals surface area contributed by atoms with Crippen LogP contribution < -0.4 is 5.32 Å². The summed E-state index contributed by atoms with van der Waals surface area (Å²) in [5, 5.41) is 3.32. The first-order valence-corrected chi connectivity index (χ1v) is 9.42. The summed E-state index contributed by atoms with van der Waals surface area (Å²) in [5.74, 6) is 2.89. The summed E-state index contributed by atoms with van der Waals surface area (Å²) in [6, 6.07) is 1.58. The second kappa shape index (κ2) is 6.93. The van der Waals surface area contributed by atoms with Gasteiger partial charge in [-0.2, -0.15) is 11.8 Å². The lowest BCUT2D eigenvalue weighted by Gasteiger charge is -2.25. The van der Waals surface area contributed by atoms with E-state index in [9.17, 15) is 8.42 Å². The van der Waals surface area contributed by atoms with E-state index >= 15 is 0 Å². The third-order valence-corrected chi connectivity index (χ3v) is 5.84. The highest BCUT2D eigenvalue weighted by atomic mass is 35.5. The topological polar surface area (TPSA) is 75.2 Å². The quantitative estimate of drug-likeness (QED) is 0.815. The first-order valence-electron chi connectivity index (χ1n) is 6.28. The number of anilines is 1. The van der Waals surface area contributed by atoms with E-state index in [-0.39, 0.29) is 5.75 Å². The highest BCUT2D eigenvalue weighted by Gasteiger charge is 2.23. The van der Waals surface area contributed by atoms with E-state index in [1.807, 2.05) is 0 Å². The summed E-state index contributed by atoms with van der Waals surface area (Å²) in [7, 11) is -3.19. The van der Waals surface area contributed by atoms with Crippen LogP contribution in [0.1, 0.15) is 5.82 Å².